The lowest BCUT2D eigenvalue weighted by Gasteiger charge is -2.23. The van der Waals surface area contributed by atoms with Crippen LogP contribution in [0.4, 0.5) is 0 Å². The molecule has 0 saturated heterocycles. The number of nitrogens with zero attached hydrogens (tertiary/aromatic N) is 1. The van der Waals surface area contributed by atoms with Crippen molar-refractivity contribution < 1.29 is 46.0 Å². The first-order valence-corrected chi connectivity index (χ1v) is 13.7. The van der Waals surface area contributed by atoms with Crippen LogP contribution < -0.4 is 18.1 Å². The van der Waals surface area contributed by atoms with Gasteiger partial charge in [0.25, 0.3) is 0 Å². The molecule has 0 amide bonds. The van der Waals surface area contributed by atoms with Gasteiger partial charge in [-0.2, -0.15) is 0 Å². The SMILES string of the molecule is CCCCCCCCCCCCC/C=C/[C@@H](O)[C@@H](N)CO.C[N+](C)(C)CCOP(=O)(O)O.[Cl-]. The summed E-state index contributed by atoms with van der Waals surface area (Å²) < 4.78 is 15.1. The zero-order valence-corrected chi connectivity index (χ0v) is 23.0. The average molecular weight is 519 g/mol. The first kappa shape index (κ1) is 37.5. The van der Waals surface area contributed by atoms with Crippen molar-refractivity contribution in [3.8, 4) is 0 Å². The highest BCUT2D eigenvalue weighted by Gasteiger charge is 2.16. The van der Waals surface area contributed by atoms with Gasteiger partial charge in [0.1, 0.15) is 13.2 Å². The van der Waals surface area contributed by atoms with E-state index in [0.717, 1.165) is 6.42 Å². The van der Waals surface area contributed by atoms with Gasteiger partial charge in [0.2, 0.25) is 0 Å². The molecular formula is C23H52ClN2O6P. The Morgan fingerprint density at radius 1 is 0.939 bits per heavy atom. The van der Waals surface area contributed by atoms with Crippen molar-refractivity contribution in [2.45, 2.75) is 96.1 Å². The van der Waals surface area contributed by atoms with E-state index in [2.05, 4.69) is 11.4 Å². The minimum absolute atomic E-state index is 0. The van der Waals surface area contributed by atoms with E-state index in [9.17, 15) is 9.67 Å². The lowest BCUT2D eigenvalue weighted by atomic mass is 10.0. The van der Waals surface area contributed by atoms with Gasteiger partial charge in [-0.3, -0.25) is 4.52 Å². The van der Waals surface area contributed by atoms with Gasteiger partial charge in [0, 0.05) is 0 Å². The Balaban J connectivity index is -0.000000636. The van der Waals surface area contributed by atoms with Gasteiger partial charge in [-0.25, -0.2) is 4.57 Å². The zero-order chi connectivity index (χ0) is 24.9. The standard InChI is InChI=1S/C18H37NO2.C5H14NO4P.ClH/c1-2-3-4-5-6-7-8-9-10-11-12-13-14-15-18(21)17(19)16-20;1-6(2,3)4-5-10-11(7,8)9;/h14-15,17-18,20-21H,2-13,16,19H2,1H3;4-5H2,1-3H3,(H-,7,8,9);1H/b15-14+;;/t17-,18+;;/m0../s1. The highest BCUT2D eigenvalue weighted by molar-refractivity contribution is 7.46. The molecule has 0 saturated carbocycles. The molecule has 0 aromatic heterocycles. The Morgan fingerprint density at radius 2 is 1.39 bits per heavy atom. The van der Waals surface area contributed by atoms with Gasteiger partial charge in [-0.1, -0.05) is 83.3 Å². The van der Waals surface area contributed by atoms with Crippen LogP contribution in [0.25, 0.3) is 0 Å². The van der Waals surface area contributed by atoms with Crippen LogP contribution in [0.5, 0.6) is 0 Å². The summed E-state index contributed by atoms with van der Waals surface area (Å²) in [6.45, 7) is 2.74. The molecule has 0 fully saturated rings. The highest BCUT2D eigenvalue weighted by atomic mass is 35.5. The van der Waals surface area contributed by atoms with Crippen LogP contribution in [-0.4, -0.2) is 77.5 Å². The molecule has 0 spiro atoms. The molecule has 10 heteroatoms. The number of phosphoric ester groups is 1. The van der Waals surface area contributed by atoms with Gasteiger partial charge in [0.05, 0.1) is 39.9 Å². The third kappa shape index (κ3) is 34.2. The van der Waals surface area contributed by atoms with Gasteiger partial charge < -0.3 is 42.6 Å². The Bertz CT molecular complexity index is 486. The highest BCUT2D eigenvalue weighted by Crippen LogP contribution is 2.35. The predicted molar refractivity (Wildman–Crippen MR) is 132 cm³/mol. The van der Waals surface area contributed by atoms with E-state index in [-0.39, 0.29) is 25.6 Å². The molecular weight excluding hydrogens is 467 g/mol. The molecule has 33 heavy (non-hydrogen) atoms. The molecule has 0 aliphatic carbocycles. The minimum atomic E-state index is -4.26. The van der Waals surface area contributed by atoms with Crippen molar-refractivity contribution in [1.82, 2.24) is 0 Å². The maximum Gasteiger partial charge on any atom is 0.469 e. The van der Waals surface area contributed by atoms with Crippen LogP contribution in [0.1, 0.15) is 84.0 Å². The van der Waals surface area contributed by atoms with E-state index in [4.69, 9.17) is 20.6 Å². The molecule has 0 bridgehead atoms. The van der Waals surface area contributed by atoms with Crippen molar-refractivity contribution in [2.75, 3.05) is 40.9 Å². The van der Waals surface area contributed by atoms with E-state index in [1.807, 2.05) is 27.2 Å². The second kappa shape index (κ2) is 23.7. The lowest BCUT2D eigenvalue weighted by molar-refractivity contribution is -0.870. The summed E-state index contributed by atoms with van der Waals surface area (Å²) >= 11 is 0. The predicted octanol–water partition coefficient (Wildman–Crippen LogP) is 0.730. The molecule has 0 heterocycles. The summed E-state index contributed by atoms with van der Waals surface area (Å²) in [6.07, 6.45) is 18.8. The molecule has 202 valence electrons. The fourth-order valence-electron chi connectivity index (χ4n) is 2.85. The number of rotatable bonds is 19. The van der Waals surface area contributed by atoms with Crippen molar-refractivity contribution in [3.05, 3.63) is 12.2 Å². The van der Waals surface area contributed by atoms with Crippen molar-refractivity contribution in [2.24, 2.45) is 5.73 Å². The molecule has 6 N–H and O–H groups in total. The van der Waals surface area contributed by atoms with Gasteiger partial charge in [-0.05, 0) is 12.8 Å². The molecule has 0 rings (SSSR count). The number of allylic oxidation sites excluding steroid dienone is 1. The number of halogens is 1. The van der Waals surface area contributed by atoms with Gasteiger partial charge in [-0.15, -0.1) is 0 Å². The Morgan fingerprint density at radius 3 is 1.79 bits per heavy atom. The summed E-state index contributed by atoms with van der Waals surface area (Å²) in [5, 5.41) is 18.3. The van der Waals surface area contributed by atoms with Crippen LogP contribution in [0.3, 0.4) is 0 Å². The summed E-state index contributed by atoms with van der Waals surface area (Å²) in [5.74, 6) is 0. The molecule has 0 unspecified atom stereocenters. The fraction of sp³-hybridized carbons (Fsp3) is 0.913. The molecule has 0 aliphatic rings. The lowest BCUT2D eigenvalue weighted by Crippen LogP contribution is -3.00. The Hall–Kier alpha value is -0.0200. The second-order valence-electron chi connectivity index (χ2n) is 9.43. The van der Waals surface area contributed by atoms with Crippen LogP contribution >= 0.6 is 7.82 Å². The molecule has 8 nitrogen and oxygen atoms in total. The van der Waals surface area contributed by atoms with Crippen LogP contribution in [0.2, 0.25) is 0 Å². The first-order valence-electron chi connectivity index (χ1n) is 12.1. The largest absolute Gasteiger partial charge is 1.00 e. The van der Waals surface area contributed by atoms with Crippen molar-refractivity contribution >= 4 is 7.82 Å². The number of nitrogens with two attached hydrogens (primary N) is 1. The molecule has 0 aromatic carbocycles. The number of hydrogen-bond donors (Lipinski definition) is 5. The zero-order valence-electron chi connectivity index (χ0n) is 21.4. The normalized spacial score (nSPS) is 13.8. The van der Waals surface area contributed by atoms with E-state index in [1.165, 1.54) is 70.6 Å². The summed E-state index contributed by atoms with van der Waals surface area (Å²) in [4.78, 5) is 16.6. The maximum absolute atomic E-state index is 10.2. The van der Waals surface area contributed by atoms with Crippen LogP contribution in [0, 0.1) is 0 Å². The summed E-state index contributed by atoms with van der Waals surface area (Å²) in [5.41, 5.74) is 5.51. The minimum Gasteiger partial charge on any atom is -1.00 e. The number of unbranched alkanes of at least 4 members (excludes halogenated alkanes) is 11. The number of aliphatic hydroxyl groups is 2. The second-order valence-corrected chi connectivity index (χ2v) is 10.7. The number of hydrogen-bond acceptors (Lipinski definition) is 5. The van der Waals surface area contributed by atoms with Crippen LogP contribution in [-0.2, 0) is 9.09 Å². The molecule has 0 radical (unpaired) electrons. The number of aliphatic hydroxyl groups excluding tert-OH is 2. The topological polar surface area (TPSA) is 133 Å². The first-order chi connectivity index (χ1) is 14.9. The van der Waals surface area contributed by atoms with E-state index in [1.54, 1.807) is 6.08 Å². The summed E-state index contributed by atoms with van der Waals surface area (Å²) in [6, 6.07) is -0.557. The number of quaternary nitrogens is 1. The fourth-order valence-corrected chi connectivity index (χ4v) is 3.17. The Kier molecular flexibility index (Phi) is 27.0. The Labute approximate surface area is 208 Å². The van der Waals surface area contributed by atoms with Crippen molar-refractivity contribution in [1.29, 1.82) is 0 Å². The molecule has 2 atom stereocenters. The monoisotopic (exact) mass is 518 g/mol. The average Bonchev–Trinajstić information content (AvgIpc) is 2.69. The summed E-state index contributed by atoms with van der Waals surface area (Å²) in [7, 11) is 1.50. The van der Waals surface area contributed by atoms with Crippen molar-refractivity contribution in [3.63, 3.8) is 0 Å². The smallest absolute Gasteiger partial charge is 0.469 e. The third-order valence-electron chi connectivity index (χ3n) is 4.98. The van der Waals surface area contributed by atoms with Gasteiger partial charge in [0.15, 0.2) is 0 Å². The maximum atomic E-state index is 10.2. The van der Waals surface area contributed by atoms with E-state index >= 15 is 0 Å². The number of phosphoric acid groups is 1. The van der Waals surface area contributed by atoms with E-state index in [0.29, 0.717) is 11.0 Å². The van der Waals surface area contributed by atoms with Gasteiger partial charge >= 0.3 is 7.82 Å². The van der Waals surface area contributed by atoms with E-state index < -0.39 is 20.0 Å². The number of likely N-dealkylation sites (N-methyl/N-ethyl adjacent to an activating group) is 1. The molecule has 0 aromatic rings. The third-order valence-corrected chi connectivity index (χ3v) is 5.50. The molecule has 0 aliphatic heterocycles. The van der Waals surface area contributed by atoms with Crippen LogP contribution in [0.15, 0.2) is 12.2 Å². The quantitative estimate of drug-likeness (QED) is 0.0736.